The molecule has 16 heavy (non-hydrogen) atoms. The Balaban J connectivity index is 2.23. The quantitative estimate of drug-likeness (QED) is 0.854. The summed E-state index contributed by atoms with van der Waals surface area (Å²) in [5.74, 6) is 0.375. The van der Waals surface area contributed by atoms with E-state index in [9.17, 15) is 4.79 Å². The highest BCUT2D eigenvalue weighted by Crippen LogP contribution is 2.33. The van der Waals surface area contributed by atoms with Crippen molar-refractivity contribution >= 4 is 17.5 Å². The van der Waals surface area contributed by atoms with Crippen LogP contribution in [0, 0.1) is 5.92 Å². The standard InChI is InChI=1S/C12H15ClN2O/c1-8-11(6-15(7-14)12(8)16)9-2-4-10(13)5-3-9/h2-5,8,11H,6-7,14H2,1H3. The smallest absolute Gasteiger partial charge is 0.227 e. The number of benzene rings is 1. The number of halogens is 1. The van der Waals surface area contributed by atoms with E-state index in [2.05, 4.69) is 0 Å². The predicted octanol–water partition coefficient (Wildman–Crippen LogP) is 1.82. The molecule has 3 nitrogen and oxygen atoms in total. The molecule has 0 bridgehead atoms. The molecular formula is C12H15ClN2O. The van der Waals surface area contributed by atoms with Crippen LogP contribution in [0.5, 0.6) is 0 Å². The Bertz CT molecular complexity index is 391. The number of nitrogens with zero attached hydrogens (tertiary/aromatic N) is 1. The second-order valence-electron chi connectivity index (χ2n) is 4.19. The van der Waals surface area contributed by atoms with E-state index < -0.39 is 0 Å². The molecule has 2 unspecified atom stereocenters. The first-order valence-electron chi connectivity index (χ1n) is 5.38. The molecule has 2 atom stereocenters. The summed E-state index contributed by atoms with van der Waals surface area (Å²) in [4.78, 5) is 13.5. The Morgan fingerprint density at radius 3 is 2.56 bits per heavy atom. The molecule has 2 rings (SSSR count). The van der Waals surface area contributed by atoms with Gasteiger partial charge >= 0.3 is 0 Å². The van der Waals surface area contributed by atoms with Gasteiger partial charge in [-0.2, -0.15) is 0 Å². The van der Waals surface area contributed by atoms with Crippen LogP contribution in [0.4, 0.5) is 0 Å². The molecule has 0 radical (unpaired) electrons. The van der Waals surface area contributed by atoms with Crippen molar-refractivity contribution in [3.63, 3.8) is 0 Å². The van der Waals surface area contributed by atoms with Gasteiger partial charge in [-0.3, -0.25) is 4.79 Å². The van der Waals surface area contributed by atoms with E-state index in [-0.39, 0.29) is 17.7 Å². The molecule has 1 heterocycles. The first kappa shape index (κ1) is 11.4. The summed E-state index contributed by atoms with van der Waals surface area (Å²) in [7, 11) is 0. The molecule has 1 fully saturated rings. The van der Waals surface area contributed by atoms with E-state index in [0.717, 1.165) is 10.6 Å². The molecule has 1 amide bonds. The van der Waals surface area contributed by atoms with E-state index in [1.807, 2.05) is 31.2 Å². The molecule has 1 aromatic rings. The van der Waals surface area contributed by atoms with Crippen LogP contribution in [0.1, 0.15) is 18.4 Å². The van der Waals surface area contributed by atoms with Crippen molar-refractivity contribution in [2.24, 2.45) is 11.7 Å². The van der Waals surface area contributed by atoms with Crippen molar-refractivity contribution in [3.05, 3.63) is 34.9 Å². The van der Waals surface area contributed by atoms with Gasteiger partial charge in [0.1, 0.15) is 0 Å². The van der Waals surface area contributed by atoms with Crippen molar-refractivity contribution in [1.82, 2.24) is 4.90 Å². The third-order valence-electron chi connectivity index (χ3n) is 3.24. The largest absolute Gasteiger partial charge is 0.329 e. The zero-order valence-electron chi connectivity index (χ0n) is 9.19. The van der Waals surface area contributed by atoms with Crippen LogP contribution in [0.2, 0.25) is 5.02 Å². The lowest BCUT2D eigenvalue weighted by atomic mass is 9.90. The number of amides is 1. The number of nitrogens with two attached hydrogens (primary N) is 1. The molecule has 1 aliphatic heterocycles. The van der Waals surface area contributed by atoms with Crippen LogP contribution in [0.3, 0.4) is 0 Å². The fraction of sp³-hybridized carbons (Fsp3) is 0.417. The lowest BCUT2D eigenvalue weighted by molar-refractivity contribution is -0.130. The van der Waals surface area contributed by atoms with Gasteiger partial charge in [0.2, 0.25) is 5.91 Å². The minimum Gasteiger partial charge on any atom is -0.329 e. The maximum atomic E-state index is 11.8. The zero-order valence-corrected chi connectivity index (χ0v) is 9.95. The van der Waals surface area contributed by atoms with Crippen molar-refractivity contribution in [3.8, 4) is 0 Å². The van der Waals surface area contributed by atoms with Gasteiger partial charge in [-0.05, 0) is 17.7 Å². The van der Waals surface area contributed by atoms with Crippen LogP contribution in [-0.4, -0.2) is 24.0 Å². The van der Waals surface area contributed by atoms with Crippen molar-refractivity contribution < 1.29 is 4.79 Å². The van der Waals surface area contributed by atoms with Crippen LogP contribution < -0.4 is 5.73 Å². The average molecular weight is 239 g/mol. The highest BCUT2D eigenvalue weighted by molar-refractivity contribution is 6.30. The van der Waals surface area contributed by atoms with Crippen molar-refractivity contribution in [1.29, 1.82) is 0 Å². The average Bonchev–Trinajstić information content (AvgIpc) is 2.57. The molecular weight excluding hydrogens is 224 g/mol. The molecule has 0 spiro atoms. The van der Waals surface area contributed by atoms with Gasteiger partial charge in [0, 0.05) is 23.4 Å². The molecule has 1 aromatic carbocycles. The van der Waals surface area contributed by atoms with Gasteiger partial charge in [0.25, 0.3) is 0 Å². The van der Waals surface area contributed by atoms with Crippen LogP contribution in [0.25, 0.3) is 0 Å². The first-order chi connectivity index (χ1) is 7.63. The van der Waals surface area contributed by atoms with Gasteiger partial charge in [-0.25, -0.2) is 0 Å². The molecule has 1 aliphatic rings. The summed E-state index contributed by atoms with van der Waals surface area (Å²) >= 11 is 5.84. The fourth-order valence-corrected chi connectivity index (χ4v) is 2.34. The highest BCUT2D eigenvalue weighted by atomic mass is 35.5. The molecule has 1 saturated heterocycles. The number of carbonyl (C=O) groups is 1. The SMILES string of the molecule is CC1C(=O)N(CN)CC1c1ccc(Cl)cc1. The third kappa shape index (κ3) is 1.93. The van der Waals surface area contributed by atoms with Gasteiger partial charge < -0.3 is 10.6 Å². The Hall–Kier alpha value is -1.06. The predicted molar refractivity (Wildman–Crippen MR) is 64.1 cm³/mol. The monoisotopic (exact) mass is 238 g/mol. The summed E-state index contributed by atoms with van der Waals surface area (Å²) < 4.78 is 0. The van der Waals surface area contributed by atoms with Crippen molar-refractivity contribution in [2.45, 2.75) is 12.8 Å². The van der Waals surface area contributed by atoms with E-state index in [0.29, 0.717) is 13.2 Å². The van der Waals surface area contributed by atoms with Crippen LogP contribution >= 0.6 is 11.6 Å². The second-order valence-corrected chi connectivity index (χ2v) is 4.63. The molecule has 2 N–H and O–H groups in total. The number of hydrogen-bond acceptors (Lipinski definition) is 2. The summed E-state index contributed by atoms with van der Waals surface area (Å²) in [6.07, 6.45) is 0. The Labute approximate surface area is 100 Å². The summed E-state index contributed by atoms with van der Waals surface area (Å²) in [6.45, 7) is 2.96. The molecule has 86 valence electrons. The molecule has 0 saturated carbocycles. The van der Waals surface area contributed by atoms with E-state index in [1.165, 1.54) is 0 Å². The Kier molecular flexibility index (Phi) is 3.17. The lowest BCUT2D eigenvalue weighted by Crippen LogP contribution is -2.32. The third-order valence-corrected chi connectivity index (χ3v) is 3.49. The fourth-order valence-electron chi connectivity index (χ4n) is 2.21. The van der Waals surface area contributed by atoms with E-state index in [1.54, 1.807) is 4.90 Å². The second kappa shape index (κ2) is 4.44. The van der Waals surface area contributed by atoms with Crippen LogP contribution in [0.15, 0.2) is 24.3 Å². The number of hydrogen-bond donors (Lipinski definition) is 1. The summed E-state index contributed by atoms with van der Waals surface area (Å²) in [6, 6.07) is 7.69. The van der Waals surface area contributed by atoms with E-state index >= 15 is 0 Å². The first-order valence-corrected chi connectivity index (χ1v) is 5.75. The number of likely N-dealkylation sites (tertiary alicyclic amines) is 1. The molecule has 0 aromatic heterocycles. The highest BCUT2D eigenvalue weighted by Gasteiger charge is 2.37. The zero-order chi connectivity index (χ0) is 11.7. The van der Waals surface area contributed by atoms with Gasteiger partial charge in [0.15, 0.2) is 0 Å². The minimum absolute atomic E-state index is 0.00438. The Morgan fingerprint density at radius 2 is 2.06 bits per heavy atom. The topological polar surface area (TPSA) is 46.3 Å². The van der Waals surface area contributed by atoms with Gasteiger partial charge in [-0.15, -0.1) is 0 Å². The van der Waals surface area contributed by atoms with Crippen molar-refractivity contribution in [2.75, 3.05) is 13.2 Å². The molecule has 4 heteroatoms. The number of rotatable bonds is 2. The lowest BCUT2D eigenvalue weighted by Gasteiger charge is -2.14. The van der Waals surface area contributed by atoms with E-state index in [4.69, 9.17) is 17.3 Å². The summed E-state index contributed by atoms with van der Waals surface area (Å²) in [5.41, 5.74) is 6.69. The maximum absolute atomic E-state index is 11.8. The summed E-state index contributed by atoms with van der Waals surface area (Å²) in [5, 5.41) is 0.719. The normalized spacial score (nSPS) is 25.2. The van der Waals surface area contributed by atoms with Gasteiger partial charge in [-0.1, -0.05) is 30.7 Å². The Morgan fingerprint density at radius 1 is 1.44 bits per heavy atom. The molecule has 0 aliphatic carbocycles. The van der Waals surface area contributed by atoms with Crippen LogP contribution in [-0.2, 0) is 4.79 Å². The minimum atomic E-state index is 0.00438. The van der Waals surface area contributed by atoms with Gasteiger partial charge in [0.05, 0.1) is 6.67 Å². The number of carbonyl (C=O) groups excluding carboxylic acids is 1. The maximum Gasteiger partial charge on any atom is 0.227 e.